The fourth-order valence-corrected chi connectivity index (χ4v) is 2.10. The first-order chi connectivity index (χ1) is 9.24. The lowest BCUT2D eigenvalue weighted by Gasteiger charge is -2.28. The van der Waals surface area contributed by atoms with Crippen LogP contribution in [0.15, 0.2) is 6.20 Å². The third-order valence-corrected chi connectivity index (χ3v) is 3.23. The lowest BCUT2D eigenvalue weighted by atomic mass is 10.2. The highest BCUT2D eigenvalue weighted by Gasteiger charge is 2.21. The Morgan fingerprint density at radius 1 is 1.68 bits per heavy atom. The van der Waals surface area contributed by atoms with Crippen molar-refractivity contribution in [1.29, 1.82) is 0 Å². The summed E-state index contributed by atoms with van der Waals surface area (Å²) in [7, 11) is 0. The van der Waals surface area contributed by atoms with Gasteiger partial charge in [0.05, 0.1) is 25.7 Å². The third-order valence-electron chi connectivity index (χ3n) is 3.23. The molecule has 1 atom stereocenters. The zero-order valence-corrected chi connectivity index (χ0v) is 11.2. The van der Waals surface area contributed by atoms with E-state index in [2.05, 4.69) is 4.98 Å². The summed E-state index contributed by atoms with van der Waals surface area (Å²) in [6.45, 7) is 3.57. The number of ether oxygens (including phenoxy) is 2. The van der Waals surface area contributed by atoms with Crippen molar-refractivity contribution >= 4 is 5.97 Å². The van der Waals surface area contributed by atoms with Gasteiger partial charge in [-0.2, -0.15) is 0 Å². The van der Waals surface area contributed by atoms with E-state index in [0.717, 1.165) is 18.7 Å². The van der Waals surface area contributed by atoms with Gasteiger partial charge in [-0.3, -0.25) is 4.79 Å². The van der Waals surface area contributed by atoms with Gasteiger partial charge < -0.3 is 19.1 Å². The summed E-state index contributed by atoms with van der Waals surface area (Å²) in [5.74, 6) is 0.412. The van der Waals surface area contributed by atoms with Gasteiger partial charge in [0.15, 0.2) is 0 Å². The van der Waals surface area contributed by atoms with E-state index < -0.39 is 0 Å². The van der Waals surface area contributed by atoms with E-state index in [1.807, 2.05) is 4.57 Å². The second-order valence-corrected chi connectivity index (χ2v) is 4.52. The number of esters is 1. The van der Waals surface area contributed by atoms with Crippen molar-refractivity contribution in [2.75, 3.05) is 13.2 Å². The summed E-state index contributed by atoms with van der Waals surface area (Å²) in [6, 6.07) is 0. The molecule has 2 rings (SSSR count). The molecule has 106 valence electrons. The second-order valence-electron chi connectivity index (χ2n) is 4.52. The molecule has 0 aromatic carbocycles. The molecule has 0 spiro atoms. The smallest absolute Gasteiger partial charge is 0.306 e. The van der Waals surface area contributed by atoms with E-state index in [0.29, 0.717) is 31.8 Å². The Bertz CT molecular complexity index is 426. The van der Waals surface area contributed by atoms with Crippen LogP contribution >= 0.6 is 0 Å². The first-order valence-electron chi connectivity index (χ1n) is 6.66. The van der Waals surface area contributed by atoms with E-state index >= 15 is 0 Å². The van der Waals surface area contributed by atoms with Crippen LogP contribution in [0.25, 0.3) is 0 Å². The Hall–Kier alpha value is -1.40. The lowest BCUT2D eigenvalue weighted by molar-refractivity contribution is -0.143. The molecule has 19 heavy (non-hydrogen) atoms. The molecule has 0 amide bonds. The zero-order chi connectivity index (χ0) is 13.7. The summed E-state index contributed by atoms with van der Waals surface area (Å²) in [6.07, 6.45) is 3.83. The molecule has 0 bridgehead atoms. The molecule has 0 unspecified atom stereocenters. The topological polar surface area (TPSA) is 73.6 Å². The maximum Gasteiger partial charge on any atom is 0.306 e. The first-order valence-corrected chi connectivity index (χ1v) is 6.66. The van der Waals surface area contributed by atoms with Gasteiger partial charge >= 0.3 is 5.97 Å². The van der Waals surface area contributed by atoms with E-state index in [-0.39, 0.29) is 18.7 Å². The van der Waals surface area contributed by atoms with Crippen LogP contribution in [0.1, 0.15) is 31.3 Å². The average molecular weight is 268 g/mol. The van der Waals surface area contributed by atoms with Gasteiger partial charge in [0.2, 0.25) is 0 Å². The molecule has 6 nitrogen and oxygen atoms in total. The largest absolute Gasteiger partial charge is 0.466 e. The highest BCUT2D eigenvalue weighted by atomic mass is 16.5. The molecule has 1 N–H and O–H groups in total. The van der Waals surface area contributed by atoms with Gasteiger partial charge in [-0.25, -0.2) is 4.98 Å². The van der Waals surface area contributed by atoms with Gasteiger partial charge in [0.25, 0.3) is 0 Å². The number of aliphatic hydroxyl groups is 1. The number of carbonyl (C=O) groups is 1. The molecule has 1 aliphatic heterocycles. The quantitative estimate of drug-likeness (QED) is 0.735. The van der Waals surface area contributed by atoms with Crippen molar-refractivity contribution in [3.05, 3.63) is 17.7 Å². The predicted octanol–water partition coefficient (Wildman–Crippen LogP) is 0.660. The molecule has 1 saturated heterocycles. The fraction of sp³-hybridized carbons (Fsp3) is 0.692. The van der Waals surface area contributed by atoms with E-state index in [1.54, 1.807) is 13.1 Å². The van der Waals surface area contributed by atoms with Crippen LogP contribution in [0, 0.1) is 0 Å². The summed E-state index contributed by atoms with van der Waals surface area (Å²) in [5, 5.41) is 9.28. The number of carbonyl (C=O) groups excluding carboxylic acids is 1. The van der Waals surface area contributed by atoms with Crippen LogP contribution in [0.3, 0.4) is 0 Å². The monoisotopic (exact) mass is 268 g/mol. The van der Waals surface area contributed by atoms with Crippen LogP contribution in [0.5, 0.6) is 0 Å². The molecule has 0 radical (unpaired) electrons. The molecule has 1 aromatic rings. The van der Waals surface area contributed by atoms with Crippen molar-refractivity contribution in [1.82, 2.24) is 9.55 Å². The number of aromatic nitrogens is 2. The van der Waals surface area contributed by atoms with Gasteiger partial charge in [-0.15, -0.1) is 0 Å². The number of hydrogen-bond acceptors (Lipinski definition) is 5. The van der Waals surface area contributed by atoms with Crippen LogP contribution < -0.4 is 0 Å². The number of hydrogen-bond donors (Lipinski definition) is 1. The standard InChI is InChI=1S/C13H20N2O4/c1-2-18-13(17)4-3-10-7-14-12(9-16)15(10)8-11-5-6-19-11/h7,11,16H,2-6,8-9H2,1H3/t11-/m0/s1. The average Bonchev–Trinajstić information content (AvgIpc) is 2.73. The van der Waals surface area contributed by atoms with Gasteiger partial charge in [-0.1, -0.05) is 0 Å². The van der Waals surface area contributed by atoms with Crippen molar-refractivity contribution in [3.8, 4) is 0 Å². The molecule has 1 aliphatic rings. The van der Waals surface area contributed by atoms with Gasteiger partial charge in [0.1, 0.15) is 12.4 Å². The second kappa shape index (κ2) is 6.68. The Morgan fingerprint density at radius 2 is 2.47 bits per heavy atom. The van der Waals surface area contributed by atoms with E-state index in [1.165, 1.54) is 0 Å². The maximum atomic E-state index is 11.4. The van der Waals surface area contributed by atoms with E-state index in [4.69, 9.17) is 9.47 Å². The molecule has 1 aromatic heterocycles. The Labute approximate surface area is 112 Å². The van der Waals surface area contributed by atoms with Crippen molar-refractivity contribution in [2.45, 2.75) is 45.4 Å². The number of aliphatic hydroxyl groups excluding tert-OH is 1. The molecule has 6 heteroatoms. The normalized spacial score (nSPS) is 18.1. The minimum absolute atomic E-state index is 0.105. The summed E-state index contributed by atoms with van der Waals surface area (Å²) in [4.78, 5) is 15.5. The minimum atomic E-state index is -0.208. The van der Waals surface area contributed by atoms with E-state index in [9.17, 15) is 9.90 Å². The Balaban J connectivity index is 1.98. The minimum Gasteiger partial charge on any atom is -0.466 e. The highest BCUT2D eigenvalue weighted by Crippen LogP contribution is 2.17. The highest BCUT2D eigenvalue weighted by molar-refractivity contribution is 5.69. The SMILES string of the molecule is CCOC(=O)CCc1cnc(CO)n1C[C@@H]1CCO1. The summed E-state index contributed by atoms with van der Waals surface area (Å²) >= 11 is 0. The molecule has 0 aliphatic carbocycles. The van der Waals surface area contributed by atoms with Crippen LogP contribution in [0.4, 0.5) is 0 Å². The van der Waals surface area contributed by atoms with Crippen molar-refractivity contribution < 1.29 is 19.4 Å². The van der Waals surface area contributed by atoms with Gasteiger partial charge in [0, 0.05) is 18.5 Å². The maximum absolute atomic E-state index is 11.4. The molecular weight excluding hydrogens is 248 g/mol. The van der Waals surface area contributed by atoms with Crippen molar-refractivity contribution in [2.24, 2.45) is 0 Å². The zero-order valence-electron chi connectivity index (χ0n) is 11.2. The Kier molecular flexibility index (Phi) is 4.93. The number of rotatable bonds is 7. The van der Waals surface area contributed by atoms with Gasteiger partial charge in [-0.05, 0) is 19.8 Å². The molecule has 0 saturated carbocycles. The summed E-state index contributed by atoms with van der Waals surface area (Å²) < 4.78 is 12.3. The first kappa shape index (κ1) is 14.0. The third kappa shape index (κ3) is 3.54. The lowest BCUT2D eigenvalue weighted by Crippen LogP contribution is -2.32. The van der Waals surface area contributed by atoms with Crippen LogP contribution in [-0.2, 0) is 33.8 Å². The fourth-order valence-electron chi connectivity index (χ4n) is 2.10. The van der Waals surface area contributed by atoms with Crippen molar-refractivity contribution in [3.63, 3.8) is 0 Å². The number of aryl methyl sites for hydroxylation is 1. The Morgan fingerprint density at radius 3 is 3.05 bits per heavy atom. The number of imidazole rings is 1. The molecular formula is C13H20N2O4. The summed E-state index contributed by atoms with van der Waals surface area (Å²) in [5.41, 5.74) is 0.938. The molecule has 1 fully saturated rings. The predicted molar refractivity (Wildman–Crippen MR) is 67.5 cm³/mol. The molecule has 2 heterocycles. The van der Waals surface area contributed by atoms with Crippen LogP contribution in [-0.4, -0.2) is 39.9 Å². The number of nitrogens with zero attached hydrogens (tertiary/aromatic N) is 2. The van der Waals surface area contributed by atoms with Crippen LogP contribution in [0.2, 0.25) is 0 Å².